The molecular weight excluding hydrogens is 336 g/mol. The summed E-state index contributed by atoms with van der Waals surface area (Å²) in [5, 5.41) is 0. The maximum Gasteiger partial charge on any atom is 0.222 e. The zero-order valence-electron chi connectivity index (χ0n) is 16.4. The predicted molar refractivity (Wildman–Crippen MR) is 102 cm³/mol. The first kappa shape index (κ1) is 20.7. The zero-order chi connectivity index (χ0) is 18.6. The summed E-state index contributed by atoms with van der Waals surface area (Å²) in [6.45, 7) is 9.87. The molecular formula is C19H36N2O3S. The molecule has 2 aliphatic heterocycles. The van der Waals surface area contributed by atoms with Crippen LogP contribution < -0.4 is 0 Å². The molecule has 2 heterocycles. The van der Waals surface area contributed by atoms with Gasteiger partial charge in [0.25, 0.3) is 0 Å². The third-order valence-electron chi connectivity index (χ3n) is 6.42. The monoisotopic (exact) mass is 372 g/mol. The lowest BCUT2D eigenvalue weighted by atomic mass is 9.83. The van der Waals surface area contributed by atoms with Crippen LogP contribution in [0.15, 0.2) is 0 Å². The van der Waals surface area contributed by atoms with E-state index in [4.69, 9.17) is 0 Å². The van der Waals surface area contributed by atoms with Gasteiger partial charge in [-0.3, -0.25) is 4.79 Å². The quantitative estimate of drug-likeness (QED) is 0.720. The Hall–Kier alpha value is -0.620. The lowest BCUT2D eigenvalue weighted by Gasteiger charge is -2.35. The van der Waals surface area contributed by atoms with Gasteiger partial charge >= 0.3 is 0 Å². The van der Waals surface area contributed by atoms with E-state index in [0.29, 0.717) is 37.3 Å². The van der Waals surface area contributed by atoms with E-state index in [1.807, 2.05) is 0 Å². The summed E-state index contributed by atoms with van der Waals surface area (Å²) >= 11 is 0. The molecule has 5 nitrogen and oxygen atoms in total. The predicted octanol–water partition coefficient (Wildman–Crippen LogP) is 2.97. The van der Waals surface area contributed by atoms with Crippen LogP contribution in [0.3, 0.4) is 0 Å². The summed E-state index contributed by atoms with van der Waals surface area (Å²) in [6.07, 6.45) is 6.97. The number of amides is 1. The topological polar surface area (TPSA) is 57.7 Å². The number of sulfonamides is 1. The summed E-state index contributed by atoms with van der Waals surface area (Å²) in [4.78, 5) is 14.5. The van der Waals surface area contributed by atoms with Crippen LogP contribution in [0.1, 0.15) is 59.3 Å². The number of hydrogen-bond acceptors (Lipinski definition) is 3. The molecule has 0 radical (unpaired) electrons. The van der Waals surface area contributed by atoms with Gasteiger partial charge in [-0.2, -0.15) is 0 Å². The summed E-state index contributed by atoms with van der Waals surface area (Å²) in [6, 6.07) is 0. The van der Waals surface area contributed by atoms with Crippen molar-refractivity contribution >= 4 is 15.9 Å². The van der Waals surface area contributed by atoms with Crippen LogP contribution in [0.25, 0.3) is 0 Å². The van der Waals surface area contributed by atoms with E-state index in [9.17, 15) is 13.2 Å². The minimum absolute atomic E-state index is 0.308. The Bertz CT molecular complexity index is 531. The van der Waals surface area contributed by atoms with E-state index >= 15 is 0 Å². The molecule has 0 N–H and O–H groups in total. The van der Waals surface area contributed by atoms with Crippen molar-refractivity contribution in [3.05, 3.63) is 0 Å². The molecule has 2 rings (SSSR count). The van der Waals surface area contributed by atoms with E-state index in [-0.39, 0.29) is 0 Å². The molecule has 1 unspecified atom stereocenters. The molecule has 0 aromatic rings. The SMILES string of the molecule is CC(C)C1CCN(C(=O)CCC(C)C2CCN(S(C)(=O)=O)CC2)CC1. The average Bonchev–Trinajstić information content (AvgIpc) is 2.58. The van der Waals surface area contributed by atoms with Crippen LogP contribution in [0, 0.1) is 23.7 Å². The number of carbonyl (C=O) groups is 1. The van der Waals surface area contributed by atoms with Crippen LogP contribution >= 0.6 is 0 Å². The van der Waals surface area contributed by atoms with Gasteiger partial charge in [-0.1, -0.05) is 20.8 Å². The summed E-state index contributed by atoms with van der Waals surface area (Å²) < 4.78 is 24.8. The fourth-order valence-electron chi connectivity index (χ4n) is 4.34. The minimum Gasteiger partial charge on any atom is -0.343 e. The largest absolute Gasteiger partial charge is 0.343 e. The molecule has 0 spiro atoms. The Morgan fingerprint density at radius 3 is 1.96 bits per heavy atom. The van der Waals surface area contributed by atoms with Crippen molar-refractivity contribution in [2.75, 3.05) is 32.4 Å². The second kappa shape index (κ2) is 8.85. The number of nitrogens with zero attached hydrogens (tertiary/aromatic N) is 2. The van der Waals surface area contributed by atoms with E-state index in [2.05, 4.69) is 25.7 Å². The highest BCUT2D eigenvalue weighted by molar-refractivity contribution is 7.88. The molecule has 1 atom stereocenters. The molecule has 2 fully saturated rings. The third kappa shape index (κ3) is 5.95. The van der Waals surface area contributed by atoms with Crippen LogP contribution in [-0.2, 0) is 14.8 Å². The zero-order valence-corrected chi connectivity index (χ0v) is 17.2. The summed E-state index contributed by atoms with van der Waals surface area (Å²) in [7, 11) is -3.05. The first-order valence-electron chi connectivity index (χ1n) is 9.91. The Morgan fingerprint density at radius 1 is 0.960 bits per heavy atom. The van der Waals surface area contributed by atoms with Gasteiger partial charge in [-0.05, 0) is 55.8 Å². The van der Waals surface area contributed by atoms with Crippen molar-refractivity contribution in [2.45, 2.75) is 59.3 Å². The number of carbonyl (C=O) groups excluding carboxylic acids is 1. The number of hydrogen-bond donors (Lipinski definition) is 0. The molecule has 0 bridgehead atoms. The highest BCUT2D eigenvalue weighted by atomic mass is 32.2. The van der Waals surface area contributed by atoms with Crippen LogP contribution in [-0.4, -0.2) is 56.0 Å². The van der Waals surface area contributed by atoms with Crippen molar-refractivity contribution in [3.63, 3.8) is 0 Å². The molecule has 1 amide bonds. The lowest BCUT2D eigenvalue weighted by Crippen LogP contribution is -2.40. The van der Waals surface area contributed by atoms with Crippen LogP contribution in [0.2, 0.25) is 0 Å². The van der Waals surface area contributed by atoms with Gasteiger partial charge in [-0.15, -0.1) is 0 Å². The molecule has 0 aliphatic carbocycles. The van der Waals surface area contributed by atoms with Gasteiger partial charge in [0.1, 0.15) is 0 Å². The minimum atomic E-state index is -3.05. The molecule has 6 heteroatoms. The van der Waals surface area contributed by atoms with Gasteiger partial charge in [0.2, 0.25) is 15.9 Å². The smallest absolute Gasteiger partial charge is 0.222 e. The first-order chi connectivity index (χ1) is 11.7. The van der Waals surface area contributed by atoms with E-state index in [1.54, 1.807) is 4.31 Å². The number of piperidine rings is 2. The molecule has 2 aliphatic rings. The van der Waals surface area contributed by atoms with Gasteiger partial charge < -0.3 is 4.90 Å². The summed E-state index contributed by atoms with van der Waals surface area (Å²) in [5.74, 6) is 2.82. The molecule has 25 heavy (non-hydrogen) atoms. The fourth-order valence-corrected chi connectivity index (χ4v) is 5.21. The second-order valence-electron chi connectivity index (χ2n) is 8.48. The number of rotatable bonds is 6. The highest BCUT2D eigenvalue weighted by Gasteiger charge is 2.29. The number of likely N-dealkylation sites (tertiary alicyclic amines) is 1. The van der Waals surface area contributed by atoms with Crippen molar-refractivity contribution in [2.24, 2.45) is 23.7 Å². The normalized spacial score (nSPS) is 23.2. The molecule has 0 saturated carbocycles. The van der Waals surface area contributed by atoms with Crippen LogP contribution in [0.4, 0.5) is 0 Å². The second-order valence-corrected chi connectivity index (χ2v) is 10.5. The van der Waals surface area contributed by atoms with Crippen molar-refractivity contribution < 1.29 is 13.2 Å². The maximum atomic E-state index is 12.5. The van der Waals surface area contributed by atoms with Crippen molar-refractivity contribution in [1.82, 2.24) is 9.21 Å². The standard InChI is InChI=1S/C19H36N2O3S/c1-15(2)17-7-11-20(12-8-17)19(22)6-5-16(3)18-9-13-21(14-10-18)25(4,23)24/h15-18H,5-14H2,1-4H3. The van der Waals surface area contributed by atoms with Gasteiger partial charge in [-0.25, -0.2) is 12.7 Å². The Morgan fingerprint density at radius 2 is 1.48 bits per heavy atom. The average molecular weight is 373 g/mol. The van der Waals surface area contributed by atoms with Gasteiger partial charge in [0, 0.05) is 32.6 Å². The lowest BCUT2D eigenvalue weighted by molar-refractivity contribution is -0.133. The Balaban J connectivity index is 1.70. The first-order valence-corrected chi connectivity index (χ1v) is 11.8. The van der Waals surface area contributed by atoms with E-state index in [1.165, 1.54) is 6.26 Å². The summed E-state index contributed by atoms with van der Waals surface area (Å²) in [5.41, 5.74) is 0. The van der Waals surface area contributed by atoms with Crippen LogP contribution in [0.5, 0.6) is 0 Å². The highest BCUT2D eigenvalue weighted by Crippen LogP contribution is 2.30. The Kier molecular flexibility index (Phi) is 7.32. The van der Waals surface area contributed by atoms with Gasteiger partial charge in [0.15, 0.2) is 0 Å². The van der Waals surface area contributed by atoms with Crippen molar-refractivity contribution in [3.8, 4) is 0 Å². The third-order valence-corrected chi connectivity index (χ3v) is 7.72. The molecule has 2 saturated heterocycles. The molecule has 0 aromatic heterocycles. The van der Waals surface area contributed by atoms with Crippen molar-refractivity contribution in [1.29, 1.82) is 0 Å². The fraction of sp³-hybridized carbons (Fsp3) is 0.947. The Labute approximate surface area is 154 Å². The van der Waals surface area contributed by atoms with E-state index in [0.717, 1.165) is 57.0 Å². The van der Waals surface area contributed by atoms with E-state index < -0.39 is 10.0 Å². The molecule has 146 valence electrons. The molecule has 0 aromatic carbocycles. The maximum absolute atomic E-state index is 12.5. The van der Waals surface area contributed by atoms with Gasteiger partial charge in [0.05, 0.1) is 6.26 Å².